The molecule has 0 aromatic rings. The fraction of sp³-hybridized carbons (Fsp3) is 0.714. The molecular weight excluding hydrogens is 371 g/mol. The lowest BCUT2D eigenvalue weighted by Gasteiger charge is -2.35. The molecule has 156 valence electrons. The maximum atomic E-state index is 13.0. The minimum Gasteiger partial charge on any atom is -0.494 e. The van der Waals surface area contributed by atoms with E-state index in [2.05, 4.69) is 17.5 Å². The first kappa shape index (κ1) is 20.0. The average molecular weight is 399 g/mol. The van der Waals surface area contributed by atoms with Gasteiger partial charge in [-0.3, -0.25) is 5.32 Å². The molecular formula is C21H28F3NO3. The molecule has 0 radical (unpaired) electrons. The molecule has 4 rings (SSSR count). The third-order valence-corrected chi connectivity index (χ3v) is 6.68. The molecule has 7 atom stereocenters. The van der Waals surface area contributed by atoms with Gasteiger partial charge in [-0.05, 0) is 67.9 Å². The van der Waals surface area contributed by atoms with Gasteiger partial charge in [-0.25, -0.2) is 0 Å². The molecule has 1 saturated heterocycles. The highest BCUT2D eigenvalue weighted by atomic mass is 19.4. The van der Waals surface area contributed by atoms with Gasteiger partial charge < -0.3 is 14.9 Å². The van der Waals surface area contributed by atoms with Crippen LogP contribution >= 0.6 is 0 Å². The summed E-state index contributed by atoms with van der Waals surface area (Å²) >= 11 is 0. The fourth-order valence-electron chi connectivity index (χ4n) is 5.14. The van der Waals surface area contributed by atoms with Crippen LogP contribution < -0.4 is 5.32 Å². The van der Waals surface area contributed by atoms with Crippen LogP contribution in [-0.2, 0) is 4.74 Å². The number of alkyl halides is 3. The van der Waals surface area contributed by atoms with Crippen molar-refractivity contribution in [3.05, 3.63) is 35.6 Å². The second-order valence-electron chi connectivity index (χ2n) is 8.53. The molecule has 2 fully saturated rings. The minimum atomic E-state index is -4.26. The van der Waals surface area contributed by atoms with Crippen molar-refractivity contribution in [3.63, 3.8) is 0 Å². The Labute approximate surface area is 163 Å². The van der Waals surface area contributed by atoms with E-state index in [0.717, 1.165) is 24.8 Å². The Balaban J connectivity index is 1.35. The molecule has 0 aromatic heterocycles. The summed E-state index contributed by atoms with van der Waals surface area (Å²) in [5, 5.41) is 23.9. The normalized spacial score (nSPS) is 38.8. The average Bonchev–Trinajstić information content (AvgIpc) is 3.01. The van der Waals surface area contributed by atoms with E-state index < -0.39 is 18.3 Å². The standard InChI is InChI=1S/C21H28F3NO3/c22-21(23,24)14-3-5-16-13(7-8-28-19(16)10-14)9-20(27)25-15-4-1-12-2-6-18(26)17(12)11-15/h1,4-5,10,12-15,17-18,20,25-27H,2-3,6-9,11H2. The number of fused-ring (bicyclic) bond motifs is 2. The lowest BCUT2D eigenvalue weighted by atomic mass is 9.82. The first-order valence-electron chi connectivity index (χ1n) is 10.2. The van der Waals surface area contributed by atoms with Gasteiger partial charge in [-0.15, -0.1) is 0 Å². The Bertz CT molecular complexity index is 672. The van der Waals surface area contributed by atoms with E-state index in [1.54, 1.807) is 6.08 Å². The molecule has 0 aromatic carbocycles. The van der Waals surface area contributed by atoms with Crippen LogP contribution in [0.4, 0.5) is 13.2 Å². The maximum Gasteiger partial charge on any atom is 0.395 e. The predicted octanol–water partition coefficient (Wildman–Crippen LogP) is 3.43. The van der Waals surface area contributed by atoms with Crippen LogP contribution in [0.25, 0.3) is 0 Å². The monoisotopic (exact) mass is 399 g/mol. The summed E-state index contributed by atoms with van der Waals surface area (Å²) in [6, 6.07) is 0.00815. The quantitative estimate of drug-likeness (QED) is 0.501. The molecule has 1 saturated carbocycles. The maximum absolute atomic E-state index is 13.0. The van der Waals surface area contributed by atoms with Crippen molar-refractivity contribution in [2.45, 2.75) is 63.1 Å². The van der Waals surface area contributed by atoms with Gasteiger partial charge in [0.15, 0.2) is 0 Å². The highest BCUT2D eigenvalue weighted by Crippen LogP contribution is 2.42. The van der Waals surface area contributed by atoms with E-state index in [4.69, 9.17) is 4.74 Å². The van der Waals surface area contributed by atoms with E-state index in [1.165, 1.54) is 6.08 Å². The van der Waals surface area contributed by atoms with Crippen LogP contribution in [0.1, 0.15) is 38.5 Å². The van der Waals surface area contributed by atoms with Crippen molar-refractivity contribution in [1.29, 1.82) is 0 Å². The third kappa shape index (κ3) is 4.16. The first-order valence-corrected chi connectivity index (χ1v) is 10.2. The summed E-state index contributed by atoms with van der Waals surface area (Å²) in [7, 11) is 0. The summed E-state index contributed by atoms with van der Waals surface area (Å²) in [4.78, 5) is 0. The lowest BCUT2D eigenvalue weighted by Crippen LogP contribution is -2.43. The van der Waals surface area contributed by atoms with Crippen molar-refractivity contribution < 1.29 is 28.1 Å². The van der Waals surface area contributed by atoms with E-state index in [0.29, 0.717) is 31.1 Å². The van der Waals surface area contributed by atoms with Gasteiger partial charge >= 0.3 is 6.18 Å². The molecule has 3 N–H and O–H groups in total. The molecule has 1 heterocycles. The van der Waals surface area contributed by atoms with Gasteiger partial charge in [-0.1, -0.05) is 18.2 Å². The zero-order valence-electron chi connectivity index (χ0n) is 15.7. The zero-order chi connectivity index (χ0) is 19.9. The largest absolute Gasteiger partial charge is 0.494 e. The number of aliphatic hydroxyl groups is 2. The Kier molecular flexibility index (Phi) is 5.60. The highest BCUT2D eigenvalue weighted by molar-refractivity contribution is 5.34. The molecule has 4 aliphatic rings. The Morgan fingerprint density at radius 2 is 2.04 bits per heavy atom. The SMILES string of the molecule is OC(CC1CCOC2=CC(C(F)(F)F)CC=C21)NC1C=CC2CCC(O)C2C1. The molecule has 0 spiro atoms. The Morgan fingerprint density at radius 3 is 2.82 bits per heavy atom. The number of nitrogens with one attached hydrogen (secondary N) is 1. The molecule has 3 aliphatic carbocycles. The zero-order valence-corrected chi connectivity index (χ0v) is 15.7. The van der Waals surface area contributed by atoms with Crippen LogP contribution in [0.3, 0.4) is 0 Å². The summed E-state index contributed by atoms with van der Waals surface area (Å²) in [5.74, 6) is -0.512. The second-order valence-corrected chi connectivity index (χ2v) is 8.53. The Morgan fingerprint density at radius 1 is 1.21 bits per heavy atom. The number of ether oxygens (including phenoxy) is 1. The number of rotatable bonds is 4. The number of hydrogen-bond donors (Lipinski definition) is 3. The van der Waals surface area contributed by atoms with Gasteiger partial charge in [0.1, 0.15) is 12.0 Å². The summed E-state index contributed by atoms with van der Waals surface area (Å²) in [6.07, 6.45) is 5.44. The predicted molar refractivity (Wildman–Crippen MR) is 97.9 cm³/mol. The molecule has 0 amide bonds. The van der Waals surface area contributed by atoms with Crippen LogP contribution in [0.15, 0.2) is 35.6 Å². The van der Waals surface area contributed by atoms with Crippen LogP contribution in [0.5, 0.6) is 0 Å². The molecule has 28 heavy (non-hydrogen) atoms. The summed E-state index contributed by atoms with van der Waals surface area (Å²) < 4.78 is 44.4. The molecule has 7 heteroatoms. The number of halogens is 3. The lowest BCUT2D eigenvalue weighted by molar-refractivity contribution is -0.161. The second kappa shape index (κ2) is 7.84. The van der Waals surface area contributed by atoms with E-state index in [1.807, 2.05) is 0 Å². The number of hydrogen-bond acceptors (Lipinski definition) is 4. The van der Waals surface area contributed by atoms with Gasteiger partial charge in [-0.2, -0.15) is 13.2 Å². The highest BCUT2D eigenvalue weighted by Gasteiger charge is 2.41. The van der Waals surface area contributed by atoms with Gasteiger partial charge in [0.2, 0.25) is 0 Å². The third-order valence-electron chi connectivity index (χ3n) is 6.68. The van der Waals surface area contributed by atoms with Crippen molar-refractivity contribution in [3.8, 4) is 0 Å². The molecule has 1 aliphatic heterocycles. The fourth-order valence-corrected chi connectivity index (χ4v) is 5.14. The first-order chi connectivity index (χ1) is 13.3. The van der Waals surface area contributed by atoms with E-state index in [9.17, 15) is 23.4 Å². The summed E-state index contributed by atoms with van der Waals surface area (Å²) in [5.41, 5.74) is 0.790. The Hall–Kier alpha value is -1.31. The van der Waals surface area contributed by atoms with E-state index >= 15 is 0 Å². The number of allylic oxidation sites excluding steroid dienone is 4. The topological polar surface area (TPSA) is 61.7 Å². The van der Waals surface area contributed by atoms with Crippen LogP contribution in [0.2, 0.25) is 0 Å². The van der Waals surface area contributed by atoms with Gasteiger partial charge in [0, 0.05) is 6.04 Å². The molecule has 4 nitrogen and oxygen atoms in total. The van der Waals surface area contributed by atoms with Gasteiger partial charge in [0.25, 0.3) is 0 Å². The van der Waals surface area contributed by atoms with Crippen molar-refractivity contribution in [1.82, 2.24) is 5.32 Å². The van der Waals surface area contributed by atoms with Crippen molar-refractivity contribution in [2.75, 3.05) is 6.61 Å². The molecule has 7 unspecified atom stereocenters. The summed E-state index contributed by atoms with van der Waals surface area (Å²) in [6.45, 7) is 0.365. The van der Waals surface area contributed by atoms with E-state index in [-0.39, 0.29) is 30.4 Å². The minimum absolute atomic E-state index is 0.00815. The van der Waals surface area contributed by atoms with Crippen molar-refractivity contribution in [2.24, 2.45) is 23.7 Å². The van der Waals surface area contributed by atoms with Crippen molar-refractivity contribution >= 4 is 0 Å². The van der Waals surface area contributed by atoms with Gasteiger partial charge in [0.05, 0.1) is 18.6 Å². The number of aliphatic hydroxyl groups excluding tert-OH is 2. The van der Waals surface area contributed by atoms with Crippen LogP contribution in [-0.4, -0.2) is 41.4 Å². The van der Waals surface area contributed by atoms with Crippen LogP contribution in [0, 0.1) is 23.7 Å². The molecule has 0 bridgehead atoms. The smallest absolute Gasteiger partial charge is 0.395 e.